The van der Waals surface area contributed by atoms with Gasteiger partial charge in [0.1, 0.15) is 12.7 Å². The van der Waals surface area contributed by atoms with E-state index in [1.54, 1.807) is 0 Å². The topological polar surface area (TPSA) is 30.9 Å². The van der Waals surface area contributed by atoms with Crippen LogP contribution in [0.25, 0.3) is 0 Å². The molecule has 1 rings (SSSR count). The monoisotopic (exact) mass is 241 g/mol. The lowest BCUT2D eigenvalue weighted by molar-refractivity contribution is -0.112. The summed E-state index contributed by atoms with van der Waals surface area (Å²) in [5.74, 6) is 6.12. The van der Waals surface area contributed by atoms with E-state index in [1.807, 2.05) is 0 Å². The number of nitrogens with zero attached hydrogens (tertiary/aromatic N) is 1. The summed E-state index contributed by atoms with van der Waals surface area (Å²) in [7, 11) is 0. The maximum absolute atomic E-state index is 5.45. The summed E-state index contributed by atoms with van der Waals surface area (Å²) >= 11 is 0. The lowest BCUT2D eigenvalue weighted by Gasteiger charge is -2.22. The molecule has 0 amide bonds. The van der Waals surface area contributed by atoms with Crippen LogP contribution in [0.4, 0.5) is 0 Å². The molecule has 0 N–H and O–H groups in total. The van der Waals surface area contributed by atoms with Crippen LogP contribution in [0.15, 0.2) is 0 Å². The van der Waals surface area contributed by atoms with Crippen LogP contribution < -0.4 is 0 Å². The van der Waals surface area contributed by atoms with Crippen LogP contribution in [0.3, 0.4) is 0 Å². The van der Waals surface area contributed by atoms with E-state index < -0.39 is 0 Å². The van der Waals surface area contributed by atoms with Crippen LogP contribution in [-0.4, -0.2) is 63.7 Å². The normalized spacial score (nSPS) is 20.1. The van der Waals surface area contributed by atoms with Crippen LogP contribution in [0.5, 0.6) is 0 Å². The van der Waals surface area contributed by atoms with Crippen molar-refractivity contribution in [1.82, 2.24) is 4.90 Å². The Morgan fingerprint density at radius 1 is 1.24 bits per heavy atom. The summed E-state index contributed by atoms with van der Waals surface area (Å²) in [6.07, 6.45) is 0.0772. The zero-order valence-electron chi connectivity index (χ0n) is 10.9. The minimum absolute atomic E-state index is 0.0772. The Hall–Kier alpha value is -0.600. The molecule has 0 radical (unpaired) electrons. The van der Waals surface area contributed by atoms with E-state index in [9.17, 15) is 0 Å². The second kappa shape index (κ2) is 9.43. The number of ether oxygens (including phenoxy) is 3. The molecule has 1 unspecified atom stereocenters. The first kappa shape index (κ1) is 14.5. The van der Waals surface area contributed by atoms with Crippen molar-refractivity contribution in [2.75, 3.05) is 52.7 Å². The average molecular weight is 241 g/mol. The molecule has 0 aromatic carbocycles. The first-order chi connectivity index (χ1) is 8.36. The number of hydrogen-bond acceptors (Lipinski definition) is 4. The third-order valence-electron chi connectivity index (χ3n) is 2.69. The third kappa shape index (κ3) is 6.64. The molecule has 1 aliphatic rings. The summed E-state index contributed by atoms with van der Waals surface area (Å²) < 4.78 is 16.1. The summed E-state index contributed by atoms with van der Waals surface area (Å²) in [5, 5.41) is 0. The van der Waals surface area contributed by atoms with Gasteiger partial charge in [-0.15, -0.1) is 0 Å². The van der Waals surface area contributed by atoms with E-state index in [-0.39, 0.29) is 6.10 Å². The molecule has 98 valence electrons. The molecule has 4 heteroatoms. The van der Waals surface area contributed by atoms with Gasteiger partial charge in [-0.1, -0.05) is 25.7 Å². The Morgan fingerprint density at radius 3 is 2.71 bits per heavy atom. The molecule has 17 heavy (non-hydrogen) atoms. The molecule has 0 bridgehead atoms. The van der Waals surface area contributed by atoms with Crippen molar-refractivity contribution >= 4 is 0 Å². The molecular formula is C13H23NO3. The van der Waals surface area contributed by atoms with Crippen LogP contribution >= 0.6 is 0 Å². The van der Waals surface area contributed by atoms with Crippen LogP contribution in [0.2, 0.25) is 0 Å². The largest absolute Gasteiger partial charge is 0.376 e. The average Bonchev–Trinajstić information content (AvgIpc) is 2.39. The molecule has 1 atom stereocenters. The van der Waals surface area contributed by atoms with Gasteiger partial charge < -0.3 is 14.2 Å². The maximum atomic E-state index is 5.45. The Kier molecular flexibility index (Phi) is 8.02. The minimum atomic E-state index is 0.0772. The highest BCUT2D eigenvalue weighted by Crippen LogP contribution is 2.00. The van der Waals surface area contributed by atoms with Gasteiger partial charge in [0.05, 0.1) is 33.0 Å². The molecule has 1 saturated heterocycles. The number of rotatable bonds is 6. The fourth-order valence-electron chi connectivity index (χ4n) is 1.54. The van der Waals surface area contributed by atoms with Gasteiger partial charge in [0.25, 0.3) is 0 Å². The summed E-state index contributed by atoms with van der Waals surface area (Å²) in [4.78, 5) is 2.27. The molecule has 1 heterocycles. The standard InChI is InChI=1S/C13H23NO3/c1-3-14(4-2)7-5-6-8-15-11-13-12-16-9-10-17-13/h13H,3-4,7-12H2,1-2H3. The quantitative estimate of drug-likeness (QED) is 0.507. The first-order valence-electron chi connectivity index (χ1n) is 6.32. The van der Waals surface area contributed by atoms with Crippen molar-refractivity contribution in [3.05, 3.63) is 0 Å². The molecule has 1 fully saturated rings. The molecule has 1 aliphatic heterocycles. The van der Waals surface area contributed by atoms with E-state index in [0.717, 1.165) is 19.6 Å². The molecule has 0 saturated carbocycles. The number of hydrogen-bond donors (Lipinski definition) is 0. The Balaban J connectivity index is 2.01. The predicted octanol–water partition coefficient (Wildman–Crippen LogP) is 0.764. The SMILES string of the molecule is CCN(CC)CC#CCOCC1COCCO1. The van der Waals surface area contributed by atoms with Crippen molar-refractivity contribution < 1.29 is 14.2 Å². The van der Waals surface area contributed by atoms with Crippen molar-refractivity contribution in [2.24, 2.45) is 0 Å². The Labute approximate surface area is 104 Å². The van der Waals surface area contributed by atoms with Gasteiger partial charge in [0.15, 0.2) is 0 Å². The second-order valence-electron chi connectivity index (χ2n) is 3.90. The zero-order chi connectivity index (χ0) is 12.3. The molecule has 4 nitrogen and oxygen atoms in total. The highest BCUT2D eigenvalue weighted by Gasteiger charge is 2.13. The summed E-state index contributed by atoms with van der Waals surface area (Å²) in [6, 6.07) is 0. The van der Waals surface area contributed by atoms with Crippen molar-refractivity contribution in [2.45, 2.75) is 20.0 Å². The third-order valence-corrected chi connectivity index (χ3v) is 2.69. The van der Waals surface area contributed by atoms with Crippen LogP contribution in [0, 0.1) is 11.8 Å². The van der Waals surface area contributed by atoms with Gasteiger partial charge in [0.2, 0.25) is 0 Å². The van der Waals surface area contributed by atoms with E-state index in [2.05, 4.69) is 30.6 Å². The highest BCUT2D eigenvalue weighted by molar-refractivity contribution is 5.01. The molecule has 0 aliphatic carbocycles. The fourth-order valence-corrected chi connectivity index (χ4v) is 1.54. The molecule has 0 aromatic heterocycles. The van der Waals surface area contributed by atoms with Crippen LogP contribution in [-0.2, 0) is 14.2 Å². The fraction of sp³-hybridized carbons (Fsp3) is 0.846. The minimum Gasteiger partial charge on any atom is -0.376 e. The Morgan fingerprint density at radius 2 is 2.06 bits per heavy atom. The van der Waals surface area contributed by atoms with Crippen molar-refractivity contribution in [1.29, 1.82) is 0 Å². The van der Waals surface area contributed by atoms with E-state index >= 15 is 0 Å². The van der Waals surface area contributed by atoms with Gasteiger partial charge in [-0.2, -0.15) is 0 Å². The van der Waals surface area contributed by atoms with Crippen LogP contribution in [0.1, 0.15) is 13.8 Å². The van der Waals surface area contributed by atoms with Gasteiger partial charge in [-0.25, -0.2) is 0 Å². The Bertz CT molecular complexity index is 237. The molecule has 0 aromatic rings. The second-order valence-corrected chi connectivity index (χ2v) is 3.90. The van der Waals surface area contributed by atoms with Crippen molar-refractivity contribution in [3.63, 3.8) is 0 Å². The zero-order valence-corrected chi connectivity index (χ0v) is 10.9. The first-order valence-corrected chi connectivity index (χ1v) is 6.32. The summed E-state index contributed by atoms with van der Waals surface area (Å²) in [5.41, 5.74) is 0. The predicted molar refractivity (Wildman–Crippen MR) is 66.9 cm³/mol. The molecule has 0 spiro atoms. The maximum Gasteiger partial charge on any atom is 0.107 e. The molecular weight excluding hydrogens is 218 g/mol. The lowest BCUT2D eigenvalue weighted by atomic mass is 10.4. The van der Waals surface area contributed by atoms with E-state index in [0.29, 0.717) is 33.0 Å². The van der Waals surface area contributed by atoms with Gasteiger partial charge in [-0.3, -0.25) is 4.90 Å². The van der Waals surface area contributed by atoms with E-state index in [1.165, 1.54) is 0 Å². The van der Waals surface area contributed by atoms with Crippen molar-refractivity contribution in [3.8, 4) is 11.8 Å². The lowest BCUT2D eigenvalue weighted by Crippen LogP contribution is -2.32. The van der Waals surface area contributed by atoms with Gasteiger partial charge >= 0.3 is 0 Å². The van der Waals surface area contributed by atoms with E-state index in [4.69, 9.17) is 14.2 Å². The van der Waals surface area contributed by atoms with Gasteiger partial charge in [0, 0.05) is 0 Å². The smallest absolute Gasteiger partial charge is 0.107 e. The van der Waals surface area contributed by atoms with Gasteiger partial charge in [-0.05, 0) is 13.1 Å². The highest BCUT2D eigenvalue weighted by atomic mass is 16.6. The summed E-state index contributed by atoms with van der Waals surface area (Å²) in [6.45, 7) is 10.2.